The highest BCUT2D eigenvalue weighted by Crippen LogP contribution is 2.30. The van der Waals surface area contributed by atoms with E-state index in [-0.39, 0.29) is 18.8 Å². The van der Waals surface area contributed by atoms with Gasteiger partial charge in [0.15, 0.2) is 6.10 Å². The molecule has 6 nitrogen and oxygen atoms in total. The summed E-state index contributed by atoms with van der Waals surface area (Å²) < 4.78 is 24.0. The molecule has 36 heavy (non-hydrogen) atoms. The van der Waals surface area contributed by atoms with Crippen LogP contribution in [0.5, 0.6) is 0 Å². The number of esters is 2. The fourth-order valence-corrected chi connectivity index (χ4v) is 4.15. The number of ether oxygens (including phenoxy) is 4. The molecule has 4 rings (SSSR count). The Morgan fingerprint density at radius 3 is 2.08 bits per heavy atom. The van der Waals surface area contributed by atoms with E-state index in [2.05, 4.69) is 6.58 Å². The van der Waals surface area contributed by atoms with Crippen LogP contribution in [0.4, 0.5) is 0 Å². The molecule has 3 aromatic rings. The van der Waals surface area contributed by atoms with Crippen molar-refractivity contribution in [1.29, 1.82) is 0 Å². The van der Waals surface area contributed by atoms with Crippen molar-refractivity contribution >= 4 is 11.9 Å². The van der Waals surface area contributed by atoms with Gasteiger partial charge in [0, 0.05) is 6.42 Å². The van der Waals surface area contributed by atoms with Crippen molar-refractivity contribution in [3.05, 3.63) is 120 Å². The van der Waals surface area contributed by atoms with Crippen molar-refractivity contribution in [3.8, 4) is 0 Å². The number of benzene rings is 3. The van der Waals surface area contributed by atoms with E-state index in [1.54, 1.807) is 54.6 Å². The van der Waals surface area contributed by atoms with Crippen LogP contribution in [-0.2, 0) is 25.6 Å². The van der Waals surface area contributed by atoms with Gasteiger partial charge in [0.25, 0.3) is 0 Å². The van der Waals surface area contributed by atoms with Crippen LogP contribution in [0.25, 0.3) is 0 Å². The van der Waals surface area contributed by atoms with E-state index in [1.807, 2.05) is 42.5 Å². The third-order valence-electron chi connectivity index (χ3n) is 5.97. The lowest BCUT2D eigenvalue weighted by atomic mass is 10.0. The summed E-state index contributed by atoms with van der Waals surface area (Å²) >= 11 is 0. The van der Waals surface area contributed by atoms with Gasteiger partial charge in [-0.15, -0.1) is 6.58 Å². The highest BCUT2D eigenvalue weighted by molar-refractivity contribution is 5.90. The Morgan fingerprint density at radius 1 is 0.889 bits per heavy atom. The summed E-state index contributed by atoms with van der Waals surface area (Å²) in [7, 11) is 0. The van der Waals surface area contributed by atoms with Crippen LogP contribution in [0.1, 0.15) is 39.1 Å². The van der Waals surface area contributed by atoms with Crippen molar-refractivity contribution in [2.75, 3.05) is 6.61 Å². The summed E-state index contributed by atoms with van der Waals surface area (Å²) in [5.41, 5.74) is 1.84. The molecule has 0 saturated carbocycles. The predicted octanol–water partition coefficient (Wildman–Crippen LogP) is 5.39. The zero-order chi connectivity index (χ0) is 25.2. The monoisotopic (exact) mass is 486 g/mol. The summed E-state index contributed by atoms with van der Waals surface area (Å²) in [6, 6.07) is 27.2. The number of hydrogen-bond acceptors (Lipinski definition) is 6. The molecule has 0 N–H and O–H groups in total. The molecule has 1 fully saturated rings. The molecule has 0 radical (unpaired) electrons. The molecule has 3 aromatic carbocycles. The zero-order valence-electron chi connectivity index (χ0n) is 20.0. The second-order valence-electron chi connectivity index (χ2n) is 8.59. The van der Waals surface area contributed by atoms with Crippen LogP contribution >= 0.6 is 0 Å². The molecule has 1 unspecified atom stereocenters. The van der Waals surface area contributed by atoms with Crippen molar-refractivity contribution < 1.29 is 28.5 Å². The van der Waals surface area contributed by atoms with Crippen molar-refractivity contribution in [2.24, 2.45) is 0 Å². The topological polar surface area (TPSA) is 71.1 Å². The van der Waals surface area contributed by atoms with Gasteiger partial charge in [-0.25, -0.2) is 9.59 Å². The minimum absolute atomic E-state index is 0.143. The maximum Gasteiger partial charge on any atom is 0.338 e. The van der Waals surface area contributed by atoms with Gasteiger partial charge in [-0.3, -0.25) is 0 Å². The van der Waals surface area contributed by atoms with Gasteiger partial charge < -0.3 is 18.9 Å². The summed E-state index contributed by atoms with van der Waals surface area (Å²) in [5.74, 6) is -1.02. The first kappa shape index (κ1) is 25.4. The highest BCUT2D eigenvalue weighted by Gasteiger charge is 2.43. The van der Waals surface area contributed by atoms with Crippen LogP contribution < -0.4 is 0 Å². The zero-order valence-corrected chi connectivity index (χ0v) is 20.0. The van der Waals surface area contributed by atoms with Crippen LogP contribution in [0.2, 0.25) is 0 Å². The van der Waals surface area contributed by atoms with E-state index < -0.39 is 24.1 Å². The molecule has 1 saturated heterocycles. The first-order valence-corrected chi connectivity index (χ1v) is 12.0. The lowest BCUT2D eigenvalue weighted by Crippen LogP contribution is -2.42. The van der Waals surface area contributed by atoms with Crippen molar-refractivity contribution in [2.45, 2.75) is 43.9 Å². The molecule has 1 aliphatic rings. The standard InChI is InChI=1S/C30H30O6/c1-2-12-25-19-26(33-20-22-13-6-3-7-14-22)28(35-25)27(36-30(32)24-17-10-5-11-18-24)21-34-29(31)23-15-8-4-9-16-23/h2-11,13-18,25-28H,1,12,19-21H2/t25-,26+,27?,28-/m0/s1. The molecule has 0 amide bonds. The lowest BCUT2D eigenvalue weighted by molar-refractivity contribution is -0.107. The normalized spacial score (nSPS) is 19.8. The minimum atomic E-state index is -0.860. The molecule has 0 aromatic heterocycles. The Morgan fingerprint density at radius 2 is 1.47 bits per heavy atom. The number of carbonyl (C=O) groups is 2. The van der Waals surface area contributed by atoms with Gasteiger partial charge in [-0.2, -0.15) is 0 Å². The fraction of sp³-hybridized carbons (Fsp3) is 0.267. The second-order valence-corrected chi connectivity index (χ2v) is 8.59. The quantitative estimate of drug-likeness (QED) is 0.267. The molecule has 6 heteroatoms. The molecule has 186 valence electrons. The van der Waals surface area contributed by atoms with E-state index in [9.17, 15) is 9.59 Å². The van der Waals surface area contributed by atoms with Crippen LogP contribution in [0.15, 0.2) is 104 Å². The molecule has 4 atom stereocenters. The molecule has 0 bridgehead atoms. The van der Waals surface area contributed by atoms with Crippen LogP contribution in [0.3, 0.4) is 0 Å². The third-order valence-corrected chi connectivity index (χ3v) is 5.97. The number of hydrogen-bond donors (Lipinski definition) is 0. The molecule has 0 aliphatic carbocycles. The van der Waals surface area contributed by atoms with Crippen LogP contribution in [-0.4, -0.2) is 43.0 Å². The summed E-state index contributed by atoms with van der Waals surface area (Å²) in [6.45, 7) is 4.04. The van der Waals surface area contributed by atoms with Gasteiger partial charge in [-0.1, -0.05) is 72.8 Å². The smallest absolute Gasteiger partial charge is 0.338 e. The van der Waals surface area contributed by atoms with Crippen molar-refractivity contribution in [3.63, 3.8) is 0 Å². The Balaban J connectivity index is 1.52. The molecule has 1 aliphatic heterocycles. The first-order valence-electron chi connectivity index (χ1n) is 12.0. The van der Waals surface area contributed by atoms with Gasteiger partial charge in [0.1, 0.15) is 12.7 Å². The largest absolute Gasteiger partial charge is 0.458 e. The van der Waals surface area contributed by atoms with E-state index in [0.717, 1.165) is 5.56 Å². The maximum atomic E-state index is 12.9. The molecular formula is C30H30O6. The van der Waals surface area contributed by atoms with E-state index in [1.165, 1.54) is 0 Å². The van der Waals surface area contributed by atoms with E-state index in [0.29, 0.717) is 30.6 Å². The number of carbonyl (C=O) groups excluding carboxylic acids is 2. The van der Waals surface area contributed by atoms with E-state index >= 15 is 0 Å². The predicted molar refractivity (Wildman–Crippen MR) is 135 cm³/mol. The van der Waals surface area contributed by atoms with Crippen LogP contribution in [0, 0.1) is 0 Å². The average molecular weight is 487 g/mol. The lowest BCUT2D eigenvalue weighted by Gasteiger charge is -2.27. The Hall–Kier alpha value is -3.74. The maximum absolute atomic E-state index is 12.9. The fourth-order valence-electron chi connectivity index (χ4n) is 4.15. The Labute approximate surface area is 211 Å². The Bertz CT molecular complexity index is 1120. The SMILES string of the molecule is C=CC[C@H]1C[C@@H](OCc2ccccc2)[C@@H](C(COC(=O)c2ccccc2)OC(=O)c2ccccc2)O1. The summed E-state index contributed by atoms with van der Waals surface area (Å²) in [6.07, 6.45) is 1.05. The second kappa shape index (κ2) is 12.8. The minimum Gasteiger partial charge on any atom is -0.458 e. The van der Waals surface area contributed by atoms with Gasteiger partial charge in [0.2, 0.25) is 0 Å². The summed E-state index contributed by atoms with van der Waals surface area (Å²) in [5, 5.41) is 0. The number of rotatable bonds is 11. The van der Waals surface area contributed by atoms with Crippen molar-refractivity contribution in [1.82, 2.24) is 0 Å². The molecular weight excluding hydrogens is 456 g/mol. The first-order chi connectivity index (χ1) is 17.6. The van der Waals surface area contributed by atoms with E-state index in [4.69, 9.17) is 18.9 Å². The Kier molecular flexibility index (Phi) is 9.03. The average Bonchev–Trinajstić information content (AvgIpc) is 3.33. The van der Waals surface area contributed by atoms with Gasteiger partial charge >= 0.3 is 11.9 Å². The molecule has 0 spiro atoms. The highest BCUT2D eigenvalue weighted by atomic mass is 16.6. The van der Waals surface area contributed by atoms with Gasteiger partial charge in [-0.05, 0) is 36.2 Å². The molecule has 1 heterocycles. The van der Waals surface area contributed by atoms with Gasteiger partial charge in [0.05, 0.1) is 29.9 Å². The third kappa shape index (κ3) is 6.90. The summed E-state index contributed by atoms with van der Waals surface area (Å²) in [4.78, 5) is 25.6.